The van der Waals surface area contributed by atoms with Crippen molar-refractivity contribution >= 4 is 28.0 Å². The molecule has 5 heteroatoms. The minimum absolute atomic E-state index is 0.165. The fourth-order valence-electron chi connectivity index (χ4n) is 3.10. The zero-order valence-corrected chi connectivity index (χ0v) is 16.3. The molecule has 0 atom stereocenters. The van der Waals surface area contributed by atoms with E-state index in [2.05, 4.69) is 10.5 Å². The molecule has 0 saturated carbocycles. The third kappa shape index (κ3) is 4.11. The van der Waals surface area contributed by atoms with Gasteiger partial charge >= 0.3 is 0 Å². The van der Waals surface area contributed by atoms with Crippen LogP contribution < -0.4 is 5.48 Å². The van der Waals surface area contributed by atoms with Gasteiger partial charge in [-0.25, -0.2) is 10.5 Å². The van der Waals surface area contributed by atoms with Gasteiger partial charge in [-0.3, -0.25) is 9.63 Å². The molecule has 0 fully saturated rings. The van der Waals surface area contributed by atoms with Crippen molar-refractivity contribution in [3.05, 3.63) is 88.9 Å². The Morgan fingerprint density at radius 2 is 1.75 bits per heavy atom. The summed E-state index contributed by atoms with van der Waals surface area (Å²) in [7, 11) is 0. The molecule has 0 spiro atoms. The van der Waals surface area contributed by atoms with Gasteiger partial charge in [0.25, 0.3) is 0 Å². The van der Waals surface area contributed by atoms with Gasteiger partial charge in [0, 0.05) is 5.56 Å². The summed E-state index contributed by atoms with van der Waals surface area (Å²) in [5.41, 5.74) is 5.55. The Hall–Kier alpha value is -3.02. The molecule has 0 unspecified atom stereocenters. The molecule has 4 rings (SSSR count). The lowest BCUT2D eigenvalue weighted by atomic mass is 10.0. The molecule has 4 aromatic rings. The summed E-state index contributed by atoms with van der Waals surface area (Å²) in [6, 6.07) is 24.1. The fraction of sp³-hybridized carbons (Fsp3) is 0.130. The Morgan fingerprint density at radius 3 is 2.61 bits per heavy atom. The van der Waals surface area contributed by atoms with E-state index in [1.54, 1.807) is 11.3 Å². The highest BCUT2D eigenvalue weighted by Crippen LogP contribution is 2.28. The SMILES string of the molecule is Cc1nc(-c2ccccc2)sc1CONC(=O)Cc1cccc2ccccc12. The van der Waals surface area contributed by atoms with Crippen LogP contribution in [0.3, 0.4) is 0 Å². The molecular weight excluding hydrogens is 368 g/mol. The largest absolute Gasteiger partial charge is 0.272 e. The maximum absolute atomic E-state index is 12.3. The Labute approximate surface area is 167 Å². The molecule has 3 aromatic carbocycles. The monoisotopic (exact) mass is 388 g/mol. The number of aromatic nitrogens is 1. The summed E-state index contributed by atoms with van der Waals surface area (Å²) in [4.78, 5) is 23.4. The van der Waals surface area contributed by atoms with Crippen molar-refractivity contribution in [3.8, 4) is 10.6 Å². The van der Waals surface area contributed by atoms with E-state index in [4.69, 9.17) is 4.84 Å². The normalized spacial score (nSPS) is 10.9. The van der Waals surface area contributed by atoms with E-state index >= 15 is 0 Å². The number of rotatable bonds is 6. The first kappa shape index (κ1) is 18.3. The molecule has 0 saturated heterocycles. The molecule has 1 amide bonds. The maximum atomic E-state index is 12.3. The van der Waals surface area contributed by atoms with Crippen LogP contribution in [-0.4, -0.2) is 10.9 Å². The molecule has 28 heavy (non-hydrogen) atoms. The van der Waals surface area contributed by atoms with E-state index in [0.29, 0.717) is 6.61 Å². The molecule has 1 N–H and O–H groups in total. The summed E-state index contributed by atoms with van der Waals surface area (Å²) in [6.45, 7) is 2.26. The molecule has 0 bridgehead atoms. The van der Waals surface area contributed by atoms with Gasteiger partial charge in [0.05, 0.1) is 17.0 Å². The number of aryl methyl sites for hydroxylation is 1. The highest BCUT2D eigenvalue weighted by Gasteiger charge is 2.11. The van der Waals surface area contributed by atoms with Crippen LogP contribution in [0.25, 0.3) is 21.3 Å². The van der Waals surface area contributed by atoms with E-state index in [1.807, 2.05) is 79.7 Å². The third-order valence-electron chi connectivity index (χ3n) is 4.53. The summed E-state index contributed by atoms with van der Waals surface area (Å²) >= 11 is 1.58. The summed E-state index contributed by atoms with van der Waals surface area (Å²) in [5, 5.41) is 3.17. The topological polar surface area (TPSA) is 51.2 Å². The first-order valence-corrected chi connectivity index (χ1v) is 9.91. The smallest absolute Gasteiger partial charge is 0.247 e. The van der Waals surface area contributed by atoms with Crippen molar-refractivity contribution in [1.82, 2.24) is 10.5 Å². The fourth-order valence-corrected chi connectivity index (χ4v) is 4.09. The molecule has 1 aromatic heterocycles. The number of fused-ring (bicyclic) bond motifs is 1. The van der Waals surface area contributed by atoms with E-state index in [-0.39, 0.29) is 12.3 Å². The van der Waals surface area contributed by atoms with Gasteiger partial charge in [0.15, 0.2) is 0 Å². The second-order valence-corrected chi connectivity index (χ2v) is 7.61. The van der Waals surface area contributed by atoms with Crippen LogP contribution in [0.5, 0.6) is 0 Å². The number of benzene rings is 3. The first-order chi connectivity index (χ1) is 13.7. The molecule has 1 heterocycles. The highest BCUT2D eigenvalue weighted by molar-refractivity contribution is 7.15. The van der Waals surface area contributed by atoms with Gasteiger partial charge in [-0.1, -0.05) is 72.8 Å². The molecule has 0 aliphatic carbocycles. The predicted octanol–water partition coefficient (Wildman–Crippen LogP) is 5.06. The molecular formula is C23H20N2O2S. The van der Waals surface area contributed by atoms with Crippen molar-refractivity contribution < 1.29 is 9.63 Å². The maximum Gasteiger partial charge on any atom is 0.247 e. The van der Waals surface area contributed by atoms with Crippen molar-refractivity contribution in [2.45, 2.75) is 20.0 Å². The number of carbonyl (C=O) groups excluding carboxylic acids is 1. The minimum Gasteiger partial charge on any atom is -0.272 e. The van der Waals surface area contributed by atoms with Crippen LogP contribution in [0.15, 0.2) is 72.8 Å². The molecule has 0 aliphatic rings. The number of nitrogens with zero attached hydrogens (tertiary/aromatic N) is 1. The van der Waals surface area contributed by atoms with E-state index in [9.17, 15) is 4.79 Å². The standard InChI is InChI=1S/C23H20N2O2S/c1-16-21(28-23(24-16)18-9-3-2-4-10-18)15-27-25-22(26)14-19-12-7-11-17-8-5-6-13-20(17)19/h2-13H,14-15H2,1H3,(H,25,26). The zero-order chi connectivity index (χ0) is 19.3. The van der Waals surface area contributed by atoms with E-state index in [1.165, 1.54) is 0 Å². The summed E-state index contributed by atoms with van der Waals surface area (Å²) in [6.07, 6.45) is 0.276. The molecule has 0 radical (unpaired) electrons. The molecule has 4 nitrogen and oxygen atoms in total. The number of hydroxylamine groups is 1. The van der Waals surface area contributed by atoms with Crippen LogP contribution in [0.4, 0.5) is 0 Å². The van der Waals surface area contributed by atoms with Crippen molar-refractivity contribution in [2.24, 2.45) is 0 Å². The zero-order valence-electron chi connectivity index (χ0n) is 15.5. The van der Waals surface area contributed by atoms with Gasteiger partial charge < -0.3 is 0 Å². The Kier molecular flexibility index (Phi) is 5.46. The Bertz CT molecular complexity index is 1100. The third-order valence-corrected chi connectivity index (χ3v) is 5.71. The van der Waals surface area contributed by atoms with Gasteiger partial charge in [-0.15, -0.1) is 11.3 Å². The van der Waals surface area contributed by atoms with Crippen molar-refractivity contribution in [3.63, 3.8) is 0 Å². The average molecular weight is 388 g/mol. The van der Waals surface area contributed by atoms with Crippen LogP contribution in [0.2, 0.25) is 0 Å². The Balaban J connectivity index is 1.36. The number of carbonyl (C=O) groups is 1. The van der Waals surface area contributed by atoms with Crippen LogP contribution in [0, 0.1) is 6.92 Å². The molecule has 0 aliphatic heterocycles. The van der Waals surface area contributed by atoms with Gasteiger partial charge in [-0.2, -0.15) is 0 Å². The molecule has 140 valence electrons. The second-order valence-electron chi connectivity index (χ2n) is 6.52. The Morgan fingerprint density at radius 1 is 1.00 bits per heavy atom. The number of hydrogen-bond donors (Lipinski definition) is 1. The lowest BCUT2D eigenvalue weighted by molar-refractivity contribution is -0.133. The van der Waals surface area contributed by atoms with E-state index < -0.39 is 0 Å². The van der Waals surface area contributed by atoms with Gasteiger partial charge in [0.1, 0.15) is 11.6 Å². The average Bonchev–Trinajstić information content (AvgIpc) is 3.10. The van der Waals surface area contributed by atoms with E-state index in [0.717, 1.165) is 37.5 Å². The summed E-state index contributed by atoms with van der Waals surface area (Å²) in [5.74, 6) is -0.165. The first-order valence-electron chi connectivity index (χ1n) is 9.10. The van der Waals surface area contributed by atoms with Crippen molar-refractivity contribution in [2.75, 3.05) is 0 Å². The van der Waals surface area contributed by atoms with Gasteiger partial charge in [-0.05, 0) is 23.3 Å². The number of thiazole rings is 1. The van der Waals surface area contributed by atoms with Crippen molar-refractivity contribution in [1.29, 1.82) is 0 Å². The van der Waals surface area contributed by atoms with Gasteiger partial charge in [0.2, 0.25) is 5.91 Å². The lowest BCUT2D eigenvalue weighted by Crippen LogP contribution is -2.25. The second kappa shape index (κ2) is 8.33. The number of amides is 1. The van der Waals surface area contributed by atoms with Crippen LogP contribution in [0.1, 0.15) is 16.1 Å². The lowest BCUT2D eigenvalue weighted by Gasteiger charge is -2.08. The number of hydrogen-bond acceptors (Lipinski definition) is 4. The summed E-state index contributed by atoms with van der Waals surface area (Å²) < 4.78 is 0. The highest BCUT2D eigenvalue weighted by atomic mass is 32.1. The number of nitrogens with one attached hydrogen (secondary N) is 1. The quantitative estimate of drug-likeness (QED) is 0.470. The van der Waals surface area contributed by atoms with Crippen LogP contribution >= 0.6 is 11.3 Å². The predicted molar refractivity (Wildman–Crippen MR) is 113 cm³/mol. The van der Waals surface area contributed by atoms with Crippen LogP contribution in [-0.2, 0) is 22.7 Å². The minimum atomic E-state index is -0.165.